The molecule has 1 fully saturated rings. The minimum atomic E-state index is -1.22. The molecule has 0 radical (unpaired) electrons. The van der Waals surface area contributed by atoms with Crippen LogP contribution in [0.5, 0.6) is 0 Å². The highest BCUT2D eigenvalue weighted by Gasteiger charge is 2.51. The first-order valence-corrected chi connectivity index (χ1v) is 6.92. The number of imide groups is 1. The highest BCUT2D eigenvalue weighted by molar-refractivity contribution is 6.06. The number of carbonyl (C=O) groups excluding carboxylic acids is 2. The van der Waals surface area contributed by atoms with Crippen LogP contribution in [0, 0.1) is 0 Å². The predicted molar refractivity (Wildman–Crippen MR) is 73.5 cm³/mol. The molecule has 0 aromatic carbocycles. The molecule has 8 heteroatoms. The Bertz CT molecular complexity index is 706. The van der Waals surface area contributed by atoms with Gasteiger partial charge >= 0.3 is 6.03 Å². The maximum Gasteiger partial charge on any atom is 0.325 e. The second-order valence-corrected chi connectivity index (χ2v) is 5.62. The number of urea groups is 1. The smallest absolute Gasteiger partial charge is 0.325 e. The number of hydrogen-bond donors (Lipinski definition) is 1. The van der Waals surface area contributed by atoms with E-state index in [1.165, 1.54) is 6.26 Å². The maximum absolute atomic E-state index is 12.6. The molecule has 0 spiro atoms. The molecule has 1 N–H and O–H groups in total. The van der Waals surface area contributed by atoms with E-state index < -0.39 is 17.5 Å². The Balaban J connectivity index is 1.83. The van der Waals surface area contributed by atoms with Gasteiger partial charge in [0.15, 0.2) is 11.4 Å². The van der Waals surface area contributed by atoms with Crippen molar-refractivity contribution in [1.29, 1.82) is 0 Å². The molecule has 1 aliphatic rings. The van der Waals surface area contributed by atoms with E-state index in [4.69, 9.17) is 8.94 Å². The summed E-state index contributed by atoms with van der Waals surface area (Å²) in [4.78, 5) is 29.9. The van der Waals surface area contributed by atoms with Gasteiger partial charge in [-0.3, -0.25) is 9.69 Å². The summed E-state index contributed by atoms with van der Waals surface area (Å²) in [5.41, 5.74) is -1.22. The molecule has 1 saturated heterocycles. The van der Waals surface area contributed by atoms with Crippen LogP contribution in [-0.2, 0) is 16.9 Å². The van der Waals surface area contributed by atoms with Crippen molar-refractivity contribution in [1.82, 2.24) is 20.4 Å². The number of carbonyl (C=O) groups is 2. The number of nitrogens with zero attached hydrogens (tertiary/aromatic N) is 3. The third-order valence-corrected chi connectivity index (χ3v) is 3.58. The zero-order valence-corrected chi connectivity index (χ0v) is 12.5. The van der Waals surface area contributed by atoms with Gasteiger partial charge in [0.25, 0.3) is 5.91 Å². The Morgan fingerprint density at radius 2 is 2.18 bits per heavy atom. The van der Waals surface area contributed by atoms with E-state index >= 15 is 0 Å². The van der Waals surface area contributed by atoms with Gasteiger partial charge in [0.1, 0.15) is 12.3 Å². The average Bonchev–Trinajstić information content (AvgIpc) is 3.17. The molecular formula is C14H16N4O4. The Kier molecular flexibility index (Phi) is 3.23. The third kappa shape index (κ3) is 2.16. The van der Waals surface area contributed by atoms with Crippen LogP contribution in [0.2, 0.25) is 0 Å². The summed E-state index contributed by atoms with van der Waals surface area (Å²) in [5.74, 6) is 0.819. The predicted octanol–water partition coefficient (Wildman–Crippen LogP) is 1.75. The molecule has 3 rings (SSSR count). The summed E-state index contributed by atoms with van der Waals surface area (Å²) >= 11 is 0. The summed E-state index contributed by atoms with van der Waals surface area (Å²) < 4.78 is 10.3. The number of amides is 3. The summed E-state index contributed by atoms with van der Waals surface area (Å²) in [7, 11) is 0. The molecule has 0 aliphatic carbocycles. The van der Waals surface area contributed by atoms with E-state index in [1.807, 2.05) is 13.8 Å². The second-order valence-electron chi connectivity index (χ2n) is 5.62. The van der Waals surface area contributed by atoms with Gasteiger partial charge in [0.2, 0.25) is 5.89 Å². The van der Waals surface area contributed by atoms with Crippen LogP contribution in [0.1, 0.15) is 44.2 Å². The van der Waals surface area contributed by atoms with Gasteiger partial charge in [-0.2, -0.15) is 4.98 Å². The molecule has 2 aromatic heterocycles. The highest BCUT2D eigenvalue weighted by Crippen LogP contribution is 2.29. The topological polar surface area (TPSA) is 101 Å². The molecule has 2 aromatic rings. The number of rotatable bonds is 4. The molecule has 0 bridgehead atoms. The lowest BCUT2D eigenvalue weighted by molar-refractivity contribution is -0.132. The fraction of sp³-hybridized carbons (Fsp3) is 0.429. The molecule has 3 heterocycles. The quantitative estimate of drug-likeness (QED) is 0.863. The summed E-state index contributed by atoms with van der Waals surface area (Å²) in [6, 6.07) is 2.79. The van der Waals surface area contributed by atoms with Crippen molar-refractivity contribution in [3.63, 3.8) is 0 Å². The Hall–Kier alpha value is -2.64. The lowest BCUT2D eigenvalue weighted by atomic mass is 9.99. The van der Waals surface area contributed by atoms with Crippen molar-refractivity contribution >= 4 is 11.9 Å². The van der Waals surface area contributed by atoms with E-state index in [0.717, 1.165) is 4.90 Å². The second kappa shape index (κ2) is 4.97. The van der Waals surface area contributed by atoms with Crippen LogP contribution in [0.25, 0.3) is 0 Å². The largest absolute Gasteiger partial charge is 0.466 e. The monoisotopic (exact) mass is 304 g/mol. The summed E-state index contributed by atoms with van der Waals surface area (Å²) in [6.45, 7) is 5.38. The lowest BCUT2D eigenvalue weighted by Gasteiger charge is -2.18. The van der Waals surface area contributed by atoms with Crippen molar-refractivity contribution in [2.45, 2.75) is 38.8 Å². The molecule has 116 valence electrons. The van der Waals surface area contributed by atoms with Crippen LogP contribution in [-0.4, -0.2) is 27.0 Å². The van der Waals surface area contributed by atoms with Crippen molar-refractivity contribution in [3.8, 4) is 0 Å². The number of aromatic nitrogens is 2. The average molecular weight is 304 g/mol. The van der Waals surface area contributed by atoms with Crippen LogP contribution < -0.4 is 5.32 Å². The van der Waals surface area contributed by atoms with E-state index in [0.29, 0.717) is 11.6 Å². The number of nitrogens with one attached hydrogen (secondary N) is 1. The van der Waals surface area contributed by atoms with Crippen LogP contribution >= 0.6 is 0 Å². The Labute approximate surface area is 126 Å². The third-order valence-electron chi connectivity index (χ3n) is 3.58. The molecule has 3 amide bonds. The van der Waals surface area contributed by atoms with Gasteiger partial charge in [-0.25, -0.2) is 4.79 Å². The van der Waals surface area contributed by atoms with Gasteiger partial charge in [0, 0.05) is 5.92 Å². The van der Waals surface area contributed by atoms with Crippen molar-refractivity contribution in [2.24, 2.45) is 0 Å². The molecule has 1 aliphatic heterocycles. The fourth-order valence-electron chi connectivity index (χ4n) is 2.27. The van der Waals surface area contributed by atoms with Crippen LogP contribution in [0.15, 0.2) is 27.3 Å². The molecule has 0 saturated carbocycles. The molecular weight excluding hydrogens is 288 g/mol. The molecule has 22 heavy (non-hydrogen) atoms. The number of hydrogen-bond acceptors (Lipinski definition) is 6. The lowest BCUT2D eigenvalue weighted by Crippen LogP contribution is -2.40. The zero-order valence-electron chi connectivity index (χ0n) is 12.5. The van der Waals surface area contributed by atoms with Gasteiger partial charge in [-0.1, -0.05) is 19.0 Å². The van der Waals surface area contributed by atoms with E-state index in [9.17, 15) is 9.59 Å². The summed E-state index contributed by atoms with van der Waals surface area (Å²) in [6.07, 6.45) is 1.45. The van der Waals surface area contributed by atoms with Gasteiger partial charge in [-0.05, 0) is 19.1 Å². The number of furan rings is 1. The van der Waals surface area contributed by atoms with Crippen molar-refractivity contribution < 1.29 is 18.5 Å². The van der Waals surface area contributed by atoms with E-state index in [1.54, 1.807) is 19.1 Å². The Morgan fingerprint density at radius 3 is 2.77 bits per heavy atom. The first-order chi connectivity index (χ1) is 10.4. The highest BCUT2D eigenvalue weighted by atomic mass is 16.5. The van der Waals surface area contributed by atoms with Gasteiger partial charge in [-0.15, -0.1) is 0 Å². The van der Waals surface area contributed by atoms with Crippen molar-refractivity contribution in [2.75, 3.05) is 0 Å². The minimum Gasteiger partial charge on any atom is -0.466 e. The van der Waals surface area contributed by atoms with Crippen LogP contribution in [0.4, 0.5) is 4.79 Å². The molecule has 0 unspecified atom stereocenters. The standard InChI is InChI=1S/C14H16N4O4/c1-8(2)11-15-10(22-17-11)7-18-12(19)14(3,16-13(18)20)9-5-4-6-21-9/h4-6,8H,7H2,1-3H3,(H,16,20)/t14-/m1/s1. The molecule has 1 atom stereocenters. The Morgan fingerprint density at radius 1 is 1.41 bits per heavy atom. The molecule has 8 nitrogen and oxygen atoms in total. The summed E-state index contributed by atoms with van der Waals surface area (Å²) in [5, 5.41) is 6.46. The van der Waals surface area contributed by atoms with Gasteiger partial charge in [0.05, 0.1) is 6.26 Å². The van der Waals surface area contributed by atoms with Crippen molar-refractivity contribution in [3.05, 3.63) is 35.9 Å². The first kappa shape index (κ1) is 14.3. The normalized spacial score (nSPS) is 21.7. The minimum absolute atomic E-state index is 0.0688. The maximum atomic E-state index is 12.6. The SMILES string of the molecule is CC(C)c1noc(CN2C(=O)N[C@](C)(c3ccco3)C2=O)n1. The first-order valence-electron chi connectivity index (χ1n) is 6.92. The fourth-order valence-corrected chi connectivity index (χ4v) is 2.27. The van der Waals surface area contributed by atoms with Crippen LogP contribution in [0.3, 0.4) is 0 Å². The van der Waals surface area contributed by atoms with E-state index in [-0.39, 0.29) is 18.4 Å². The van der Waals surface area contributed by atoms with E-state index in [2.05, 4.69) is 15.5 Å². The van der Waals surface area contributed by atoms with Gasteiger partial charge < -0.3 is 14.3 Å². The zero-order chi connectivity index (χ0) is 15.9.